The molecule has 2 aromatic rings. The van der Waals surface area contributed by atoms with Crippen LogP contribution in [0.5, 0.6) is 0 Å². The smallest absolute Gasteiger partial charge is 0.354 e. The van der Waals surface area contributed by atoms with Crippen molar-refractivity contribution in [2.45, 2.75) is 38.1 Å². The van der Waals surface area contributed by atoms with Crippen molar-refractivity contribution >= 4 is 29.9 Å². The molecule has 0 atom stereocenters. The van der Waals surface area contributed by atoms with Crippen LogP contribution in [-0.2, 0) is 26.3 Å². The number of aromatic nitrogens is 2. The molecular weight excluding hydrogens is 527 g/mol. The van der Waals surface area contributed by atoms with Crippen LogP contribution in [0, 0.1) is 5.82 Å². The van der Waals surface area contributed by atoms with Gasteiger partial charge in [-0.1, -0.05) is 12.1 Å². The van der Waals surface area contributed by atoms with E-state index >= 15 is 0 Å². The van der Waals surface area contributed by atoms with Crippen molar-refractivity contribution in [2.75, 3.05) is 20.1 Å². The molecule has 0 amide bonds. The van der Waals surface area contributed by atoms with Gasteiger partial charge in [0.1, 0.15) is 5.82 Å². The van der Waals surface area contributed by atoms with E-state index in [4.69, 9.17) is 0 Å². The molecule has 3 rings (SSSR count). The van der Waals surface area contributed by atoms with E-state index in [0.717, 1.165) is 42.7 Å². The third-order valence-electron chi connectivity index (χ3n) is 5.09. The third-order valence-corrected chi connectivity index (χ3v) is 5.09. The number of aryl methyl sites for hydroxylation is 1. The molecule has 31 heavy (non-hydrogen) atoms. The second-order valence-corrected chi connectivity index (χ2v) is 7.42. The van der Waals surface area contributed by atoms with Gasteiger partial charge in [0.05, 0.1) is 0 Å². The van der Waals surface area contributed by atoms with Crippen LogP contribution in [0.1, 0.15) is 29.7 Å². The van der Waals surface area contributed by atoms with Gasteiger partial charge >= 0.3 is 6.18 Å². The molecule has 0 saturated carbocycles. The number of guanidine groups is 1. The fourth-order valence-corrected chi connectivity index (χ4v) is 3.56. The van der Waals surface area contributed by atoms with Crippen molar-refractivity contribution in [1.29, 1.82) is 0 Å². The lowest BCUT2D eigenvalue weighted by atomic mass is 10.0. The van der Waals surface area contributed by atoms with Gasteiger partial charge in [-0.15, -0.1) is 24.0 Å². The van der Waals surface area contributed by atoms with Crippen LogP contribution in [0.15, 0.2) is 35.5 Å². The van der Waals surface area contributed by atoms with Gasteiger partial charge in [-0.05, 0) is 30.5 Å². The second kappa shape index (κ2) is 11.1. The first-order valence-electron chi connectivity index (χ1n) is 9.78. The molecular formula is C20H27F4IN6. The lowest BCUT2D eigenvalue weighted by Crippen LogP contribution is -2.48. The number of rotatable bonds is 5. The van der Waals surface area contributed by atoms with Gasteiger partial charge < -0.3 is 10.6 Å². The van der Waals surface area contributed by atoms with Gasteiger partial charge in [-0.2, -0.15) is 18.3 Å². The maximum Gasteiger partial charge on any atom is 0.435 e. The Balaban J connectivity index is 0.00000341. The maximum atomic E-state index is 13.1. The van der Waals surface area contributed by atoms with Crippen LogP contribution in [-0.4, -0.2) is 46.8 Å². The minimum atomic E-state index is -4.49. The highest BCUT2D eigenvalue weighted by Gasteiger charge is 2.36. The number of likely N-dealkylation sites (tertiary alicyclic amines) is 1. The summed E-state index contributed by atoms with van der Waals surface area (Å²) in [6, 6.07) is 6.69. The summed E-state index contributed by atoms with van der Waals surface area (Å²) in [6.07, 6.45) is -1.38. The highest BCUT2D eigenvalue weighted by molar-refractivity contribution is 14.0. The normalized spacial score (nSPS) is 16.1. The number of halogens is 5. The number of aliphatic imine (C=N–C) groups is 1. The largest absolute Gasteiger partial charge is 0.435 e. The van der Waals surface area contributed by atoms with Crippen LogP contribution in [0.4, 0.5) is 17.6 Å². The highest BCUT2D eigenvalue weighted by atomic mass is 127. The molecule has 1 aromatic heterocycles. The summed E-state index contributed by atoms with van der Waals surface area (Å²) >= 11 is 0. The Labute approximate surface area is 196 Å². The van der Waals surface area contributed by atoms with Crippen molar-refractivity contribution in [2.24, 2.45) is 12.0 Å². The molecule has 1 aliphatic heterocycles. The average Bonchev–Trinajstić information content (AvgIpc) is 3.09. The number of piperidine rings is 1. The van der Waals surface area contributed by atoms with E-state index in [-0.39, 0.29) is 47.9 Å². The van der Waals surface area contributed by atoms with E-state index in [9.17, 15) is 17.6 Å². The van der Waals surface area contributed by atoms with Crippen LogP contribution >= 0.6 is 24.0 Å². The van der Waals surface area contributed by atoms with E-state index in [1.807, 2.05) is 0 Å². The lowest BCUT2D eigenvalue weighted by molar-refractivity contribution is -0.142. The quantitative estimate of drug-likeness (QED) is 0.257. The Morgan fingerprint density at radius 1 is 1.19 bits per heavy atom. The van der Waals surface area contributed by atoms with Crippen LogP contribution < -0.4 is 10.6 Å². The van der Waals surface area contributed by atoms with Crippen molar-refractivity contribution < 1.29 is 17.6 Å². The van der Waals surface area contributed by atoms with Gasteiger partial charge in [-0.25, -0.2) is 4.39 Å². The van der Waals surface area contributed by atoms with Gasteiger partial charge in [0, 0.05) is 58.1 Å². The summed E-state index contributed by atoms with van der Waals surface area (Å²) in [5.74, 6) is 0.221. The van der Waals surface area contributed by atoms with Gasteiger partial charge in [0.25, 0.3) is 0 Å². The first-order chi connectivity index (χ1) is 14.2. The molecule has 11 heteroatoms. The van der Waals surface area contributed by atoms with Gasteiger partial charge in [0.2, 0.25) is 0 Å². The highest BCUT2D eigenvalue weighted by Crippen LogP contribution is 2.30. The predicted molar refractivity (Wildman–Crippen MR) is 122 cm³/mol. The average molecular weight is 554 g/mol. The number of nitrogens with one attached hydrogen (secondary N) is 2. The first-order valence-corrected chi connectivity index (χ1v) is 9.78. The molecule has 6 nitrogen and oxygen atoms in total. The number of hydrogen-bond donors (Lipinski definition) is 2. The minimum Gasteiger partial charge on any atom is -0.354 e. The maximum absolute atomic E-state index is 13.1. The molecule has 1 saturated heterocycles. The molecule has 172 valence electrons. The number of hydrogen-bond acceptors (Lipinski definition) is 3. The first kappa shape index (κ1) is 25.4. The molecule has 0 aliphatic carbocycles. The van der Waals surface area contributed by atoms with Crippen molar-refractivity contribution in [1.82, 2.24) is 25.3 Å². The summed E-state index contributed by atoms with van der Waals surface area (Å²) in [4.78, 5) is 6.43. The summed E-state index contributed by atoms with van der Waals surface area (Å²) in [5, 5.41) is 9.75. The van der Waals surface area contributed by atoms with Crippen LogP contribution in [0.2, 0.25) is 0 Å². The summed E-state index contributed by atoms with van der Waals surface area (Å²) < 4.78 is 53.4. The fraction of sp³-hybridized carbons (Fsp3) is 0.500. The van der Waals surface area contributed by atoms with E-state index < -0.39 is 11.9 Å². The Morgan fingerprint density at radius 2 is 1.84 bits per heavy atom. The zero-order valence-electron chi connectivity index (χ0n) is 17.4. The Morgan fingerprint density at radius 3 is 2.42 bits per heavy atom. The molecule has 0 radical (unpaired) electrons. The SMILES string of the molecule is CN=C(NCc1cn(C)nc1C(F)(F)F)NC1CCN(Cc2ccc(F)cc2)CC1.I. The van der Waals surface area contributed by atoms with Crippen LogP contribution in [0.25, 0.3) is 0 Å². The third kappa shape index (κ3) is 7.34. The molecule has 0 bridgehead atoms. The molecule has 2 N–H and O–H groups in total. The van der Waals surface area contributed by atoms with E-state index in [0.29, 0.717) is 5.96 Å². The Hall–Kier alpha value is -1.89. The zero-order chi connectivity index (χ0) is 21.7. The standard InChI is InChI=1S/C20H26F4N6.HI/c1-25-19(26-11-15-13-29(2)28-18(15)20(22,23)24)27-17-7-9-30(10-8-17)12-14-3-5-16(21)6-4-14;/h3-6,13,17H,7-12H2,1-2H3,(H2,25,26,27);1H. The molecule has 1 fully saturated rings. The molecule has 1 aromatic carbocycles. The minimum absolute atomic E-state index is 0. The van der Waals surface area contributed by atoms with E-state index in [1.54, 1.807) is 19.2 Å². The van der Waals surface area contributed by atoms with Gasteiger partial charge in [0.15, 0.2) is 11.7 Å². The zero-order valence-corrected chi connectivity index (χ0v) is 19.7. The topological polar surface area (TPSA) is 57.5 Å². The molecule has 2 heterocycles. The molecule has 1 aliphatic rings. The Bertz CT molecular complexity index is 858. The fourth-order valence-electron chi connectivity index (χ4n) is 3.56. The molecule has 0 spiro atoms. The van der Waals surface area contributed by atoms with Crippen molar-refractivity contribution in [3.05, 3.63) is 53.1 Å². The van der Waals surface area contributed by atoms with E-state index in [1.165, 1.54) is 25.4 Å². The summed E-state index contributed by atoms with van der Waals surface area (Å²) in [6.45, 7) is 2.48. The molecule has 0 unspecified atom stereocenters. The van der Waals surface area contributed by atoms with Crippen LogP contribution in [0.3, 0.4) is 0 Å². The second-order valence-electron chi connectivity index (χ2n) is 7.42. The predicted octanol–water partition coefficient (Wildman–Crippen LogP) is 3.53. The number of benzene rings is 1. The van der Waals surface area contributed by atoms with Gasteiger partial charge in [-0.3, -0.25) is 14.6 Å². The number of alkyl halides is 3. The lowest BCUT2D eigenvalue weighted by Gasteiger charge is -2.33. The number of nitrogens with zero attached hydrogens (tertiary/aromatic N) is 4. The monoisotopic (exact) mass is 554 g/mol. The van der Waals surface area contributed by atoms with Crippen molar-refractivity contribution in [3.63, 3.8) is 0 Å². The Kier molecular flexibility index (Phi) is 9.10. The summed E-state index contributed by atoms with van der Waals surface area (Å²) in [5.41, 5.74) is 0.251. The summed E-state index contributed by atoms with van der Waals surface area (Å²) in [7, 11) is 3.05. The van der Waals surface area contributed by atoms with E-state index in [2.05, 4.69) is 25.6 Å². The van der Waals surface area contributed by atoms with Crippen molar-refractivity contribution in [3.8, 4) is 0 Å².